The molecule has 0 saturated heterocycles. The monoisotopic (exact) mass is 348 g/mol. The van der Waals surface area contributed by atoms with Crippen molar-refractivity contribution in [1.29, 1.82) is 0 Å². The van der Waals surface area contributed by atoms with Gasteiger partial charge in [0.05, 0.1) is 17.5 Å². The van der Waals surface area contributed by atoms with Crippen molar-refractivity contribution in [2.24, 2.45) is 0 Å². The van der Waals surface area contributed by atoms with E-state index in [1.165, 1.54) is 6.33 Å². The normalized spacial score (nSPS) is 11.5. The highest BCUT2D eigenvalue weighted by Crippen LogP contribution is 2.33. The van der Waals surface area contributed by atoms with Crippen LogP contribution < -0.4 is 10.5 Å². The molecule has 132 valence electrons. The van der Waals surface area contributed by atoms with Crippen molar-refractivity contribution in [3.05, 3.63) is 36.7 Å². The Labute approximate surface area is 150 Å². The zero-order valence-corrected chi connectivity index (χ0v) is 15.0. The van der Waals surface area contributed by atoms with Gasteiger partial charge in [0.25, 0.3) is 0 Å². The van der Waals surface area contributed by atoms with Crippen LogP contribution in [0.25, 0.3) is 33.2 Å². The minimum atomic E-state index is 0.163. The van der Waals surface area contributed by atoms with Crippen molar-refractivity contribution in [1.82, 2.24) is 24.7 Å². The Hall–Kier alpha value is -3.22. The minimum absolute atomic E-state index is 0.163. The molecular weight excluding hydrogens is 328 g/mol. The van der Waals surface area contributed by atoms with Crippen LogP contribution in [0.3, 0.4) is 0 Å². The summed E-state index contributed by atoms with van der Waals surface area (Å²) >= 11 is 0. The second-order valence-corrected chi connectivity index (χ2v) is 6.33. The molecule has 3 heterocycles. The second-order valence-electron chi connectivity index (χ2n) is 6.33. The highest BCUT2D eigenvalue weighted by Gasteiger charge is 2.18. The van der Waals surface area contributed by atoms with Gasteiger partial charge >= 0.3 is 0 Å². The molecule has 2 N–H and O–H groups in total. The molecule has 0 radical (unpaired) electrons. The molecule has 0 aliphatic rings. The molecule has 3 aromatic heterocycles. The standard InChI is InChI=1S/C19H20N6O/c1-4-26-15-8-6-12-9-13(5-7-14(12)23-15)17-16-18(20)21-10-22-19(16)25(24-17)11(2)3/h5-11H,4H2,1-3H3,(H2,20,21,22). The number of anilines is 1. The highest BCUT2D eigenvalue weighted by atomic mass is 16.5. The molecule has 0 bridgehead atoms. The molecule has 7 heteroatoms. The van der Waals surface area contributed by atoms with E-state index in [9.17, 15) is 0 Å². The van der Waals surface area contributed by atoms with Crippen molar-refractivity contribution in [2.75, 3.05) is 12.3 Å². The molecule has 0 atom stereocenters. The number of hydrogen-bond acceptors (Lipinski definition) is 6. The molecule has 4 rings (SSSR count). The average Bonchev–Trinajstić information content (AvgIpc) is 3.03. The summed E-state index contributed by atoms with van der Waals surface area (Å²) in [5, 5.41) is 6.55. The quantitative estimate of drug-likeness (QED) is 0.606. The van der Waals surface area contributed by atoms with Gasteiger partial charge in [-0.2, -0.15) is 5.10 Å². The van der Waals surface area contributed by atoms with Crippen LogP contribution in [0.4, 0.5) is 5.82 Å². The third-order valence-electron chi connectivity index (χ3n) is 4.24. The molecule has 0 fully saturated rings. The van der Waals surface area contributed by atoms with Crippen molar-refractivity contribution in [3.8, 4) is 17.1 Å². The molecule has 0 aliphatic carbocycles. The summed E-state index contributed by atoms with van der Waals surface area (Å²) in [4.78, 5) is 13.0. The first kappa shape index (κ1) is 16.3. The van der Waals surface area contributed by atoms with Crippen molar-refractivity contribution >= 4 is 27.8 Å². The molecule has 0 unspecified atom stereocenters. The minimum Gasteiger partial charge on any atom is -0.478 e. The Balaban J connectivity index is 1.91. The van der Waals surface area contributed by atoms with E-state index in [0.717, 1.165) is 33.2 Å². The highest BCUT2D eigenvalue weighted by molar-refractivity contribution is 5.99. The van der Waals surface area contributed by atoms with E-state index < -0.39 is 0 Å². The number of nitrogen functional groups attached to an aromatic ring is 1. The van der Waals surface area contributed by atoms with Gasteiger partial charge in [-0.1, -0.05) is 6.07 Å². The molecular formula is C19H20N6O. The predicted octanol–water partition coefficient (Wildman–Crippen LogP) is 3.60. The van der Waals surface area contributed by atoms with Gasteiger partial charge in [0.2, 0.25) is 5.88 Å². The fraction of sp³-hybridized carbons (Fsp3) is 0.263. The zero-order valence-electron chi connectivity index (χ0n) is 15.0. The van der Waals surface area contributed by atoms with Crippen LogP contribution in [0.1, 0.15) is 26.8 Å². The first-order valence-electron chi connectivity index (χ1n) is 8.61. The summed E-state index contributed by atoms with van der Waals surface area (Å²) in [5.74, 6) is 1.06. The molecule has 26 heavy (non-hydrogen) atoms. The fourth-order valence-electron chi connectivity index (χ4n) is 3.04. The number of rotatable bonds is 4. The van der Waals surface area contributed by atoms with Gasteiger partial charge in [0.15, 0.2) is 5.65 Å². The van der Waals surface area contributed by atoms with Crippen LogP contribution in [0, 0.1) is 0 Å². The van der Waals surface area contributed by atoms with Gasteiger partial charge < -0.3 is 10.5 Å². The Morgan fingerprint density at radius 1 is 1.15 bits per heavy atom. The third kappa shape index (κ3) is 2.61. The van der Waals surface area contributed by atoms with Crippen LogP contribution in [-0.2, 0) is 0 Å². The summed E-state index contributed by atoms with van der Waals surface area (Å²) < 4.78 is 7.35. The smallest absolute Gasteiger partial charge is 0.213 e. The predicted molar refractivity (Wildman–Crippen MR) is 102 cm³/mol. The maximum absolute atomic E-state index is 6.14. The average molecular weight is 348 g/mol. The van der Waals surface area contributed by atoms with E-state index in [-0.39, 0.29) is 6.04 Å². The maximum atomic E-state index is 6.14. The van der Waals surface area contributed by atoms with Gasteiger partial charge in [-0.15, -0.1) is 0 Å². The number of benzene rings is 1. The number of nitrogens with two attached hydrogens (primary N) is 1. The molecule has 0 saturated carbocycles. The number of aromatic nitrogens is 5. The number of hydrogen-bond donors (Lipinski definition) is 1. The first-order chi connectivity index (χ1) is 12.6. The lowest BCUT2D eigenvalue weighted by molar-refractivity contribution is 0.328. The van der Waals surface area contributed by atoms with Crippen LogP contribution in [-0.4, -0.2) is 31.3 Å². The van der Waals surface area contributed by atoms with Crippen molar-refractivity contribution < 1.29 is 4.74 Å². The maximum Gasteiger partial charge on any atom is 0.213 e. The Morgan fingerprint density at radius 2 is 2.00 bits per heavy atom. The van der Waals surface area contributed by atoms with Crippen molar-refractivity contribution in [3.63, 3.8) is 0 Å². The lowest BCUT2D eigenvalue weighted by atomic mass is 10.1. The van der Waals surface area contributed by atoms with Gasteiger partial charge in [-0.05, 0) is 39.0 Å². The summed E-state index contributed by atoms with van der Waals surface area (Å²) in [6.45, 7) is 6.66. The van der Waals surface area contributed by atoms with E-state index >= 15 is 0 Å². The molecule has 0 amide bonds. The third-order valence-corrected chi connectivity index (χ3v) is 4.24. The van der Waals surface area contributed by atoms with Gasteiger partial charge in [-0.25, -0.2) is 19.6 Å². The summed E-state index contributed by atoms with van der Waals surface area (Å²) in [7, 11) is 0. The number of ether oxygens (including phenoxy) is 1. The largest absolute Gasteiger partial charge is 0.478 e. The zero-order chi connectivity index (χ0) is 18.3. The summed E-state index contributed by atoms with van der Waals surface area (Å²) in [6.07, 6.45) is 1.47. The second kappa shape index (κ2) is 6.25. The van der Waals surface area contributed by atoms with Crippen LogP contribution in [0.5, 0.6) is 5.88 Å². The molecule has 4 aromatic rings. The number of fused-ring (bicyclic) bond motifs is 2. The lowest BCUT2D eigenvalue weighted by Crippen LogP contribution is -2.04. The van der Waals surface area contributed by atoms with E-state index in [1.54, 1.807) is 0 Å². The Kier molecular flexibility index (Phi) is 3.91. The van der Waals surface area contributed by atoms with Crippen LogP contribution in [0.15, 0.2) is 36.7 Å². The molecule has 7 nitrogen and oxygen atoms in total. The molecule has 1 aromatic carbocycles. The fourth-order valence-corrected chi connectivity index (χ4v) is 3.04. The van der Waals surface area contributed by atoms with Gasteiger partial charge in [-0.3, -0.25) is 0 Å². The molecule has 0 spiro atoms. The topological polar surface area (TPSA) is 91.7 Å². The van der Waals surface area contributed by atoms with Gasteiger partial charge in [0, 0.05) is 23.1 Å². The van der Waals surface area contributed by atoms with Crippen molar-refractivity contribution in [2.45, 2.75) is 26.8 Å². The first-order valence-corrected chi connectivity index (χ1v) is 8.61. The number of nitrogens with zero attached hydrogens (tertiary/aromatic N) is 5. The van der Waals surface area contributed by atoms with Gasteiger partial charge in [0.1, 0.15) is 17.8 Å². The number of pyridine rings is 1. The Morgan fingerprint density at radius 3 is 2.77 bits per heavy atom. The van der Waals surface area contributed by atoms with E-state index in [1.807, 2.05) is 35.9 Å². The van der Waals surface area contributed by atoms with E-state index in [2.05, 4.69) is 34.9 Å². The van der Waals surface area contributed by atoms with E-state index in [0.29, 0.717) is 18.3 Å². The van der Waals surface area contributed by atoms with E-state index in [4.69, 9.17) is 15.6 Å². The summed E-state index contributed by atoms with van der Waals surface area (Å²) in [6, 6.07) is 10.0. The Bertz CT molecular complexity index is 1100. The SMILES string of the molecule is CCOc1ccc2cc(-c3nn(C(C)C)c4ncnc(N)c34)ccc2n1. The lowest BCUT2D eigenvalue weighted by Gasteiger charge is -2.06. The van der Waals surface area contributed by atoms with Crippen LogP contribution >= 0.6 is 0 Å². The molecule has 0 aliphatic heterocycles. The van der Waals surface area contributed by atoms with Crippen LogP contribution in [0.2, 0.25) is 0 Å². The summed E-state index contributed by atoms with van der Waals surface area (Å²) in [5.41, 5.74) is 9.49.